The van der Waals surface area contributed by atoms with Gasteiger partial charge in [0.2, 0.25) is 6.41 Å². The van der Waals surface area contributed by atoms with E-state index in [0.717, 1.165) is 0 Å². The number of anilines is 1. The van der Waals surface area contributed by atoms with Gasteiger partial charge in [0, 0.05) is 11.5 Å². The van der Waals surface area contributed by atoms with Gasteiger partial charge in [0.15, 0.2) is 0 Å². The predicted molar refractivity (Wildman–Crippen MR) is 103 cm³/mol. The van der Waals surface area contributed by atoms with E-state index in [4.69, 9.17) is 18.9 Å². The molecule has 152 valence electrons. The van der Waals surface area contributed by atoms with Crippen molar-refractivity contribution < 1.29 is 28.5 Å². The van der Waals surface area contributed by atoms with Crippen LogP contribution in [-0.4, -0.2) is 44.9 Å². The fourth-order valence-corrected chi connectivity index (χ4v) is 2.16. The first-order valence-corrected chi connectivity index (χ1v) is 8.87. The third-order valence-electron chi connectivity index (χ3n) is 3.38. The van der Waals surface area contributed by atoms with E-state index < -0.39 is 5.60 Å². The molecule has 0 atom stereocenters. The van der Waals surface area contributed by atoms with Gasteiger partial charge in [-0.15, -0.1) is 0 Å². The molecule has 1 aromatic rings. The van der Waals surface area contributed by atoms with Crippen molar-refractivity contribution in [3.8, 4) is 11.5 Å². The molecule has 0 heterocycles. The van der Waals surface area contributed by atoms with Crippen molar-refractivity contribution in [2.24, 2.45) is 5.41 Å². The number of nitrogens with one attached hydrogen (secondary N) is 1. The van der Waals surface area contributed by atoms with E-state index in [2.05, 4.69) is 5.32 Å². The monoisotopic (exact) mass is 381 g/mol. The summed E-state index contributed by atoms with van der Waals surface area (Å²) in [6.07, 6.45) is 0.812. The van der Waals surface area contributed by atoms with Gasteiger partial charge in [-0.1, -0.05) is 13.8 Å². The lowest BCUT2D eigenvalue weighted by molar-refractivity contribution is -0.156. The van der Waals surface area contributed by atoms with Crippen LogP contribution in [0.4, 0.5) is 5.69 Å². The highest BCUT2D eigenvalue weighted by Crippen LogP contribution is 2.29. The number of hydrogen-bond acceptors (Lipinski definition) is 6. The Hall–Kier alpha value is -2.28. The molecule has 0 unspecified atom stereocenters. The number of carbonyl (C=O) groups is 2. The Bertz CT molecular complexity index is 621. The van der Waals surface area contributed by atoms with Crippen LogP contribution >= 0.6 is 0 Å². The Kier molecular flexibility index (Phi) is 8.56. The van der Waals surface area contributed by atoms with Gasteiger partial charge in [-0.3, -0.25) is 9.59 Å². The van der Waals surface area contributed by atoms with Crippen molar-refractivity contribution in [3.63, 3.8) is 0 Å². The fraction of sp³-hybridized carbons (Fsp3) is 0.600. The zero-order chi connectivity index (χ0) is 20.5. The van der Waals surface area contributed by atoms with Crippen LogP contribution < -0.4 is 14.8 Å². The summed E-state index contributed by atoms with van der Waals surface area (Å²) in [5.74, 6) is 0.879. The van der Waals surface area contributed by atoms with Gasteiger partial charge >= 0.3 is 5.97 Å². The molecule has 0 fully saturated rings. The third kappa shape index (κ3) is 9.28. The van der Waals surface area contributed by atoms with Crippen LogP contribution in [0.2, 0.25) is 0 Å². The van der Waals surface area contributed by atoms with Crippen molar-refractivity contribution in [2.75, 3.05) is 32.2 Å². The quantitative estimate of drug-likeness (QED) is 0.359. The SMILES string of the molecule is COc1cc(OCC(C)(C)COCCC(=O)OC(C)(C)C)ccc1NC=O. The van der Waals surface area contributed by atoms with E-state index in [1.54, 1.807) is 18.2 Å². The highest BCUT2D eigenvalue weighted by molar-refractivity contribution is 5.76. The van der Waals surface area contributed by atoms with Gasteiger partial charge < -0.3 is 24.3 Å². The summed E-state index contributed by atoms with van der Waals surface area (Å²) < 4.78 is 21.9. The second-order valence-corrected chi connectivity index (χ2v) is 7.97. The van der Waals surface area contributed by atoms with Crippen LogP contribution in [-0.2, 0) is 19.1 Å². The Morgan fingerprint density at radius 3 is 2.44 bits per heavy atom. The molecule has 0 radical (unpaired) electrons. The standard InChI is InChI=1S/C20H31NO6/c1-19(2,3)27-18(23)9-10-25-12-20(4,5)13-26-15-7-8-16(21-14-22)17(11-15)24-6/h7-8,11,14H,9-10,12-13H2,1-6H3,(H,21,22). The number of rotatable bonds is 11. The fourth-order valence-electron chi connectivity index (χ4n) is 2.16. The molecule has 0 aliphatic heterocycles. The smallest absolute Gasteiger partial charge is 0.308 e. The van der Waals surface area contributed by atoms with E-state index >= 15 is 0 Å². The molecule has 1 rings (SSSR count). The first-order chi connectivity index (χ1) is 12.6. The largest absolute Gasteiger partial charge is 0.494 e. The van der Waals surface area contributed by atoms with Gasteiger partial charge in [-0.2, -0.15) is 0 Å². The minimum absolute atomic E-state index is 0.219. The molecule has 1 amide bonds. The van der Waals surface area contributed by atoms with E-state index in [1.165, 1.54) is 7.11 Å². The molecular formula is C20H31NO6. The van der Waals surface area contributed by atoms with E-state index in [1.807, 2.05) is 34.6 Å². The molecule has 0 aliphatic carbocycles. The molecule has 0 spiro atoms. The Balaban J connectivity index is 2.42. The van der Waals surface area contributed by atoms with Crippen LogP contribution in [0.5, 0.6) is 11.5 Å². The van der Waals surface area contributed by atoms with Gasteiger partial charge in [0.05, 0.1) is 39.0 Å². The molecule has 1 N–H and O–H groups in total. The summed E-state index contributed by atoms with van der Waals surface area (Å²) in [6.45, 7) is 10.7. The van der Waals surface area contributed by atoms with Crippen LogP contribution in [0.15, 0.2) is 18.2 Å². The summed E-state index contributed by atoms with van der Waals surface area (Å²) in [5.41, 5.74) is -0.160. The average molecular weight is 381 g/mol. The first kappa shape index (κ1) is 22.8. The lowest BCUT2D eigenvalue weighted by atomic mass is 9.96. The van der Waals surface area contributed by atoms with Crippen LogP contribution in [0.25, 0.3) is 0 Å². The molecule has 0 aliphatic rings. The maximum Gasteiger partial charge on any atom is 0.308 e. The molecule has 0 saturated heterocycles. The number of carbonyl (C=O) groups excluding carboxylic acids is 2. The second-order valence-electron chi connectivity index (χ2n) is 7.97. The molecule has 7 nitrogen and oxygen atoms in total. The van der Waals surface area contributed by atoms with E-state index in [-0.39, 0.29) is 17.8 Å². The number of esters is 1. The lowest BCUT2D eigenvalue weighted by Gasteiger charge is -2.25. The molecular weight excluding hydrogens is 350 g/mol. The zero-order valence-electron chi connectivity index (χ0n) is 17.1. The van der Waals surface area contributed by atoms with E-state index in [0.29, 0.717) is 43.4 Å². The zero-order valence-corrected chi connectivity index (χ0v) is 17.1. The van der Waals surface area contributed by atoms with Crippen molar-refractivity contribution in [2.45, 2.75) is 46.6 Å². The van der Waals surface area contributed by atoms with Gasteiger partial charge in [-0.05, 0) is 32.9 Å². The van der Waals surface area contributed by atoms with Gasteiger partial charge in [0.25, 0.3) is 0 Å². The predicted octanol–water partition coefficient (Wildman–Crippen LogP) is 3.42. The average Bonchev–Trinajstić information content (AvgIpc) is 2.56. The first-order valence-electron chi connectivity index (χ1n) is 8.87. The van der Waals surface area contributed by atoms with Crippen molar-refractivity contribution in [3.05, 3.63) is 18.2 Å². The van der Waals surface area contributed by atoms with Crippen molar-refractivity contribution in [1.82, 2.24) is 0 Å². The van der Waals surface area contributed by atoms with Crippen LogP contribution in [0, 0.1) is 5.41 Å². The number of methoxy groups -OCH3 is 1. The highest BCUT2D eigenvalue weighted by atomic mass is 16.6. The third-order valence-corrected chi connectivity index (χ3v) is 3.38. The topological polar surface area (TPSA) is 83.1 Å². The van der Waals surface area contributed by atoms with E-state index in [9.17, 15) is 9.59 Å². The minimum Gasteiger partial charge on any atom is -0.494 e. The van der Waals surface area contributed by atoms with Gasteiger partial charge in [-0.25, -0.2) is 0 Å². The number of benzene rings is 1. The van der Waals surface area contributed by atoms with Crippen LogP contribution in [0.3, 0.4) is 0 Å². The molecule has 1 aromatic carbocycles. The van der Waals surface area contributed by atoms with Gasteiger partial charge in [0.1, 0.15) is 17.1 Å². The highest BCUT2D eigenvalue weighted by Gasteiger charge is 2.21. The molecule has 0 bridgehead atoms. The Morgan fingerprint density at radius 2 is 1.85 bits per heavy atom. The lowest BCUT2D eigenvalue weighted by Crippen LogP contribution is -2.28. The summed E-state index contributed by atoms with van der Waals surface area (Å²) >= 11 is 0. The Labute approximate surface area is 161 Å². The van der Waals surface area contributed by atoms with Crippen LogP contribution in [0.1, 0.15) is 41.0 Å². The minimum atomic E-state index is -0.484. The summed E-state index contributed by atoms with van der Waals surface area (Å²) in [7, 11) is 1.53. The maximum atomic E-state index is 11.7. The summed E-state index contributed by atoms with van der Waals surface area (Å²) in [5, 5.41) is 2.57. The maximum absolute atomic E-state index is 11.7. The van der Waals surface area contributed by atoms with Crippen molar-refractivity contribution >= 4 is 18.1 Å². The summed E-state index contributed by atoms with van der Waals surface area (Å²) in [6, 6.07) is 5.19. The number of hydrogen-bond donors (Lipinski definition) is 1. The normalized spacial score (nSPS) is 11.6. The number of amides is 1. The molecule has 0 saturated carbocycles. The second kappa shape index (κ2) is 10.2. The molecule has 0 aromatic heterocycles. The van der Waals surface area contributed by atoms with Crippen molar-refractivity contribution in [1.29, 1.82) is 0 Å². The molecule has 27 heavy (non-hydrogen) atoms. The number of ether oxygens (including phenoxy) is 4. The Morgan fingerprint density at radius 1 is 1.15 bits per heavy atom. The molecule has 7 heteroatoms. The summed E-state index contributed by atoms with van der Waals surface area (Å²) in [4.78, 5) is 22.2.